The summed E-state index contributed by atoms with van der Waals surface area (Å²) in [6.07, 6.45) is 1.54. The molecule has 0 aliphatic heterocycles. The van der Waals surface area contributed by atoms with Crippen LogP contribution in [-0.2, 0) is 23.1 Å². The summed E-state index contributed by atoms with van der Waals surface area (Å²) >= 11 is 0. The molecule has 0 amide bonds. The first-order valence-corrected chi connectivity index (χ1v) is 10.5. The minimum Gasteiger partial charge on any atom is -0.497 e. The Morgan fingerprint density at radius 2 is 1.89 bits per heavy atom. The Hall–Kier alpha value is -2.81. The molecule has 3 aromatic rings. The second-order valence-electron chi connectivity index (χ2n) is 6.59. The van der Waals surface area contributed by atoms with Crippen LogP contribution in [0.1, 0.15) is 29.6 Å². The van der Waals surface area contributed by atoms with Gasteiger partial charge in [0, 0.05) is 12.7 Å². The lowest BCUT2D eigenvalue weighted by Crippen LogP contribution is -2.15. The van der Waals surface area contributed by atoms with Crippen LogP contribution < -0.4 is 9.46 Å². The van der Waals surface area contributed by atoms with E-state index in [2.05, 4.69) is 14.9 Å². The average Bonchev–Trinajstić information content (AvgIpc) is 3.17. The van der Waals surface area contributed by atoms with Gasteiger partial charge in [-0.15, -0.1) is 0 Å². The Balaban J connectivity index is 1.90. The quantitative estimate of drug-likeness (QED) is 0.655. The van der Waals surface area contributed by atoms with Gasteiger partial charge >= 0.3 is 0 Å². The summed E-state index contributed by atoms with van der Waals surface area (Å²) in [4.78, 5) is 0.175. The predicted octanol–water partition coefficient (Wildman–Crippen LogP) is 2.88. The number of aromatic nitrogens is 4. The zero-order chi connectivity index (χ0) is 20.5. The zero-order valence-corrected chi connectivity index (χ0v) is 17.5. The molecule has 0 aliphatic rings. The predicted molar refractivity (Wildman–Crippen MR) is 107 cm³/mol. The number of nitrogens with zero attached hydrogens (tertiary/aromatic N) is 4. The van der Waals surface area contributed by atoms with E-state index >= 15 is 0 Å². The number of hydrogen-bond donors (Lipinski definition) is 1. The second-order valence-corrected chi connectivity index (χ2v) is 8.25. The van der Waals surface area contributed by atoms with Gasteiger partial charge in [-0.1, -0.05) is 12.1 Å². The molecule has 0 fully saturated rings. The number of hydrogen-bond acceptors (Lipinski definition) is 5. The molecule has 0 aliphatic carbocycles. The number of ether oxygens (including phenoxy) is 1. The number of anilines is 1. The van der Waals surface area contributed by atoms with E-state index in [9.17, 15) is 8.42 Å². The number of methoxy groups -OCH3 is 1. The van der Waals surface area contributed by atoms with Crippen LogP contribution in [0.5, 0.6) is 5.75 Å². The minimum atomic E-state index is -3.76. The lowest BCUT2D eigenvalue weighted by atomic mass is 10.2. The summed E-state index contributed by atoms with van der Waals surface area (Å²) in [6.45, 7) is 8.35. The van der Waals surface area contributed by atoms with Crippen molar-refractivity contribution in [3.63, 3.8) is 0 Å². The normalized spacial score (nSPS) is 11.6. The highest BCUT2D eigenvalue weighted by Crippen LogP contribution is 2.25. The van der Waals surface area contributed by atoms with Crippen molar-refractivity contribution in [2.75, 3.05) is 11.8 Å². The van der Waals surface area contributed by atoms with Gasteiger partial charge < -0.3 is 4.74 Å². The SMILES string of the molecule is CCn1cc(S(=O)(=O)Nc2c(C)nn(Cc3cccc(OC)c3)c2C)c(C)n1. The number of sulfonamides is 1. The van der Waals surface area contributed by atoms with E-state index in [1.54, 1.807) is 36.5 Å². The lowest BCUT2D eigenvalue weighted by Gasteiger charge is -2.09. The van der Waals surface area contributed by atoms with Gasteiger partial charge in [0.1, 0.15) is 10.6 Å². The van der Waals surface area contributed by atoms with Crippen molar-refractivity contribution >= 4 is 15.7 Å². The Kier molecular flexibility index (Phi) is 5.46. The molecule has 3 rings (SSSR count). The van der Waals surface area contributed by atoms with Gasteiger partial charge in [-0.3, -0.25) is 14.1 Å². The standard InChI is InChI=1S/C19H25N5O3S/c1-6-23-12-18(13(2)20-23)28(25,26)22-19-14(3)21-24(15(19)4)11-16-8-7-9-17(10-16)27-5/h7-10,12,22H,6,11H2,1-5H3. The number of aryl methyl sites for hydroxylation is 3. The second kappa shape index (κ2) is 7.67. The third-order valence-corrected chi connectivity index (χ3v) is 6.05. The zero-order valence-electron chi connectivity index (χ0n) is 16.7. The Morgan fingerprint density at radius 3 is 2.54 bits per heavy atom. The fraction of sp³-hybridized carbons (Fsp3) is 0.368. The molecule has 0 saturated heterocycles. The average molecular weight is 404 g/mol. The van der Waals surface area contributed by atoms with E-state index < -0.39 is 10.0 Å². The van der Waals surface area contributed by atoms with Crippen LogP contribution in [0.25, 0.3) is 0 Å². The van der Waals surface area contributed by atoms with E-state index in [0.29, 0.717) is 30.2 Å². The molecular weight excluding hydrogens is 378 g/mol. The van der Waals surface area contributed by atoms with Crippen LogP contribution in [0, 0.1) is 20.8 Å². The van der Waals surface area contributed by atoms with E-state index in [-0.39, 0.29) is 4.90 Å². The van der Waals surface area contributed by atoms with Crippen LogP contribution >= 0.6 is 0 Å². The summed E-state index contributed by atoms with van der Waals surface area (Å²) < 4.78 is 37.1. The molecule has 28 heavy (non-hydrogen) atoms. The molecule has 9 heteroatoms. The Labute approximate surface area is 165 Å². The molecule has 150 valence electrons. The lowest BCUT2D eigenvalue weighted by molar-refractivity contribution is 0.414. The summed E-state index contributed by atoms with van der Waals surface area (Å²) in [7, 11) is -2.13. The van der Waals surface area contributed by atoms with Crippen molar-refractivity contribution in [3.05, 3.63) is 53.1 Å². The largest absolute Gasteiger partial charge is 0.497 e. The van der Waals surface area contributed by atoms with Crippen molar-refractivity contribution in [1.29, 1.82) is 0 Å². The smallest absolute Gasteiger partial charge is 0.265 e. The number of benzene rings is 1. The molecular formula is C19H25N5O3S. The monoisotopic (exact) mass is 403 g/mol. The number of rotatable bonds is 7. The molecule has 0 saturated carbocycles. The van der Waals surface area contributed by atoms with Crippen LogP contribution in [0.2, 0.25) is 0 Å². The van der Waals surface area contributed by atoms with Crippen LogP contribution in [0.4, 0.5) is 5.69 Å². The molecule has 8 nitrogen and oxygen atoms in total. The molecule has 0 atom stereocenters. The maximum Gasteiger partial charge on any atom is 0.265 e. The molecule has 1 N–H and O–H groups in total. The van der Waals surface area contributed by atoms with E-state index in [1.165, 1.54) is 0 Å². The van der Waals surface area contributed by atoms with Crippen LogP contribution in [0.15, 0.2) is 35.4 Å². The first-order chi connectivity index (χ1) is 13.2. The molecule has 2 aromatic heterocycles. The molecule has 0 radical (unpaired) electrons. The van der Waals surface area contributed by atoms with Crippen LogP contribution in [0.3, 0.4) is 0 Å². The van der Waals surface area contributed by atoms with Gasteiger partial charge in [-0.2, -0.15) is 10.2 Å². The van der Waals surface area contributed by atoms with Crippen molar-refractivity contribution in [1.82, 2.24) is 19.6 Å². The Bertz CT molecular complexity index is 1100. The maximum atomic E-state index is 12.9. The topological polar surface area (TPSA) is 91.0 Å². The van der Waals surface area contributed by atoms with Gasteiger partial charge in [0.25, 0.3) is 10.0 Å². The van der Waals surface area contributed by atoms with Gasteiger partial charge in [0.15, 0.2) is 0 Å². The summed E-state index contributed by atoms with van der Waals surface area (Å²) in [5.74, 6) is 0.767. The maximum absolute atomic E-state index is 12.9. The molecule has 2 heterocycles. The van der Waals surface area contributed by atoms with Gasteiger partial charge in [-0.25, -0.2) is 8.42 Å². The highest BCUT2D eigenvalue weighted by molar-refractivity contribution is 7.92. The Morgan fingerprint density at radius 1 is 1.14 bits per heavy atom. The van der Waals surface area contributed by atoms with Gasteiger partial charge in [0.2, 0.25) is 0 Å². The molecule has 0 unspecified atom stereocenters. The molecule has 1 aromatic carbocycles. The van der Waals surface area contributed by atoms with Crippen LogP contribution in [-0.4, -0.2) is 35.1 Å². The number of nitrogens with one attached hydrogen (secondary N) is 1. The highest BCUT2D eigenvalue weighted by Gasteiger charge is 2.24. The molecule has 0 bridgehead atoms. The van der Waals surface area contributed by atoms with E-state index in [0.717, 1.165) is 17.0 Å². The third kappa shape index (κ3) is 3.89. The first-order valence-electron chi connectivity index (χ1n) is 8.99. The van der Waals surface area contributed by atoms with Crippen molar-refractivity contribution in [2.45, 2.75) is 45.7 Å². The third-order valence-electron chi connectivity index (χ3n) is 4.60. The summed E-state index contributed by atoms with van der Waals surface area (Å²) in [5, 5.41) is 8.73. The van der Waals surface area contributed by atoms with E-state index in [4.69, 9.17) is 4.74 Å². The highest BCUT2D eigenvalue weighted by atomic mass is 32.2. The minimum absolute atomic E-state index is 0.175. The van der Waals surface area contributed by atoms with Crippen molar-refractivity contribution < 1.29 is 13.2 Å². The van der Waals surface area contributed by atoms with Gasteiger partial charge in [0.05, 0.1) is 36.4 Å². The summed E-state index contributed by atoms with van der Waals surface area (Å²) in [5.41, 5.74) is 3.33. The van der Waals surface area contributed by atoms with Crippen molar-refractivity contribution in [2.24, 2.45) is 0 Å². The summed E-state index contributed by atoms with van der Waals surface area (Å²) in [6, 6.07) is 7.70. The fourth-order valence-corrected chi connectivity index (χ4v) is 4.42. The van der Waals surface area contributed by atoms with Crippen molar-refractivity contribution in [3.8, 4) is 5.75 Å². The fourth-order valence-electron chi connectivity index (χ4n) is 3.06. The van der Waals surface area contributed by atoms with Gasteiger partial charge in [-0.05, 0) is 45.4 Å². The first kappa shape index (κ1) is 19.9. The molecule has 0 spiro atoms. The van der Waals surface area contributed by atoms with E-state index in [1.807, 2.05) is 38.1 Å².